The van der Waals surface area contributed by atoms with Crippen molar-refractivity contribution in [3.8, 4) is 0 Å². The zero-order valence-corrected chi connectivity index (χ0v) is 19.7. The van der Waals surface area contributed by atoms with Crippen LogP contribution in [-0.2, 0) is 19.1 Å². The maximum Gasteiger partial charge on any atom is 1.00 e. The number of carboxylic acid groups (broad SMARTS) is 1. The minimum Gasteiger partial charge on any atom is -0.543 e. The van der Waals surface area contributed by atoms with Crippen LogP contribution in [0.25, 0.3) is 0 Å². The predicted molar refractivity (Wildman–Crippen MR) is 86.9 cm³/mol. The van der Waals surface area contributed by atoms with Crippen LogP contribution >= 0.6 is 0 Å². The van der Waals surface area contributed by atoms with Gasteiger partial charge < -0.3 is 29.8 Å². The summed E-state index contributed by atoms with van der Waals surface area (Å²) in [6.45, 7) is 8.88. The molecule has 0 spiro atoms. The van der Waals surface area contributed by atoms with Crippen LogP contribution < -0.4 is 61.8 Å². The number of alkyl carbamates (subject to hydrolysis) is 1. The Morgan fingerprint density at radius 2 is 1.96 bits per heavy atom. The molecule has 2 heterocycles. The number of fused-ring (bicyclic) bond motifs is 1. The number of carbonyl (C=O) groups excluding carboxylic acids is 3. The molecule has 1 fully saturated rings. The molecule has 3 atom stereocenters. The number of amides is 2. The fraction of sp³-hybridized carbons (Fsp3) is 0.706. The summed E-state index contributed by atoms with van der Waals surface area (Å²) in [6, 6.07) is 0. The van der Waals surface area contributed by atoms with Gasteiger partial charge in [-0.2, -0.15) is 0 Å². The molecule has 2 aliphatic heterocycles. The fourth-order valence-electron chi connectivity index (χ4n) is 2.92. The maximum atomic E-state index is 12.2. The number of nitrogens with zero attached hydrogens (tertiary/aromatic N) is 1. The molecule has 0 aromatic heterocycles. The van der Waals surface area contributed by atoms with Gasteiger partial charge >= 0.3 is 57.5 Å². The molecule has 2 amide bonds. The quantitative estimate of drug-likeness (QED) is 0.331. The van der Waals surface area contributed by atoms with E-state index in [0.717, 1.165) is 4.90 Å². The second-order valence-corrected chi connectivity index (χ2v) is 7.68. The number of aliphatic carboxylic acids is 1. The standard InChI is InChI=1S/C17H26N2O7.K/c1-8(2)6-25-16(24)18-7-17(4,5)12-11(15(22)23)19-13(21)10(9(3)20)14(19)26-12;/h8-10,14,20H,6-7H2,1-5H3,(H,18,24)(H,22,23);/q;+1/p-1/t9-,10+,14-;/m1./s1. The molecule has 2 rings (SSSR count). The summed E-state index contributed by atoms with van der Waals surface area (Å²) < 4.78 is 10.7. The summed E-state index contributed by atoms with van der Waals surface area (Å²) in [5.74, 6) is -2.69. The first-order chi connectivity index (χ1) is 12.0. The molecule has 10 heteroatoms. The van der Waals surface area contributed by atoms with E-state index in [1.165, 1.54) is 6.92 Å². The first kappa shape index (κ1) is 24.4. The minimum atomic E-state index is -1.55. The van der Waals surface area contributed by atoms with E-state index >= 15 is 0 Å². The number of aliphatic hydroxyl groups excluding tert-OH is 1. The van der Waals surface area contributed by atoms with Gasteiger partial charge in [-0.1, -0.05) is 27.7 Å². The topological polar surface area (TPSA) is 128 Å². The van der Waals surface area contributed by atoms with Crippen LogP contribution in [-0.4, -0.2) is 53.5 Å². The summed E-state index contributed by atoms with van der Waals surface area (Å²) >= 11 is 0. The summed E-state index contributed by atoms with van der Waals surface area (Å²) in [5.41, 5.74) is -1.30. The molecule has 146 valence electrons. The third-order valence-corrected chi connectivity index (χ3v) is 4.33. The Labute approximate surface area is 200 Å². The molecular formula is C17H25KN2O7. The van der Waals surface area contributed by atoms with Crippen LogP contribution in [0.2, 0.25) is 0 Å². The number of carbonyl (C=O) groups is 3. The van der Waals surface area contributed by atoms with Gasteiger partial charge in [0.05, 0.1) is 18.7 Å². The van der Waals surface area contributed by atoms with Crippen molar-refractivity contribution in [2.45, 2.75) is 47.0 Å². The third kappa shape index (κ3) is 5.04. The molecule has 0 radical (unpaired) electrons. The Kier molecular flexibility index (Phi) is 8.34. The summed E-state index contributed by atoms with van der Waals surface area (Å²) in [6.07, 6.45) is -2.47. The Morgan fingerprint density at radius 3 is 2.44 bits per heavy atom. The number of carboxylic acids is 1. The van der Waals surface area contributed by atoms with E-state index in [0.29, 0.717) is 0 Å². The van der Waals surface area contributed by atoms with Gasteiger partial charge in [0, 0.05) is 12.0 Å². The largest absolute Gasteiger partial charge is 1.00 e. The Hall–Kier alpha value is -0.654. The molecule has 1 saturated heterocycles. The molecule has 9 nitrogen and oxygen atoms in total. The predicted octanol–water partition coefficient (Wildman–Crippen LogP) is -3.44. The van der Waals surface area contributed by atoms with Crippen LogP contribution in [0.15, 0.2) is 11.5 Å². The van der Waals surface area contributed by atoms with Gasteiger partial charge in [-0.25, -0.2) is 4.79 Å². The van der Waals surface area contributed by atoms with Crippen molar-refractivity contribution in [2.24, 2.45) is 17.3 Å². The summed E-state index contributed by atoms with van der Waals surface area (Å²) in [7, 11) is 0. The smallest absolute Gasteiger partial charge is 0.543 e. The van der Waals surface area contributed by atoms with Gasteiger partial charge in [-0.05, 0) is 12.8 Å². The van der Waals surface area contributed by atoms with E-state index in [1.807, 2.05) is 13.8 Å². The Balaban J connectivity index is 0.00000364. The van der Waals surface area contributed by atoms with E-state index in [2.05, 4.69) is 5.32 Å². The average molecular weight is 408 g/mol. The number of β-lactam (4-membered cyclic amide) rings is 1. The van der Waals surface area contributed by atoms with E-state index in [1.54, 1.807) is 13.8 Å². The zero-order valence-electron chi connectivity index (χ0n) is 16.6. The normalized spacial score (nSPS) is 22.5. The fourth-order valence-corrected chi connectivity index (χ4v) is 2.92. The second kappa shape index (κ2) is 9.23. The first-order valence-corrected chi connectivity index (χ1v) is 8.52. The van der Waals surface area contributed by atoms with Crippen molar-refractivity contribution >= 4 is 18.0 Å². The molecule has 0 unspecified atom stereocenters. The van der Waals surface area contributed by atoms with Gasteiger partial charge in [0.1, 0.15) is 17.4 Å². The van der Waals surface area contributed by atoms with Crippen molar-refractivity contribution < 1.29 is 85.5 Å². The minimum absolute atomic E-state index is 0. The van der Waals surface area contributed by atoms with E-state index in [9.17, 15) is 24.6 Å². The number of ether oxygens (including phenoxy) is 2. The monoisotopic (exact) mass is 408 g/mol. The van der Waals surface area contributed by atoms with Crippen LogP contribution in [0.1, 0.15) is 34.6 Å². The number of hydrogen-bond acceptors (Lipinski definition) is 7. The molecule has 27 heavy (non-hydrogen) atoms. The van der Waals surface area contributed by atoms with Crippen molar-refractivity contribution in [2.75, 3.05) is 13.2 Å². The molecule has 0 aromatic carbocycles. The van der Waals surface area contributed by atoms with E-state index < -0.39 is 41.6 Å². The third-order valence-electron chi connectivity index (χ3n) is 4.33. The number of hydrogen-bond donors (Lipinski definition) is 2. The SMILES string of the molecule is CC(C)COC(=O)NCC(C)(C)C1=C(C(=O)[O-])N2C(=O)[C@H]([C@@H](C)O)[C@H]2O1.[K+]. The van der Waals surface area contributed by atoms with Gasteiger partial charge in [-0.3, -0.25) is 9.69 Å². The Bertz CT molecular complexity index is 645. The van der Waals surface area contributed by atoms with Crippen LogP contribution in [0.5, 0.6) is 0 Å². The van der Waals surface area contributed by atoms with Gasteiger partial charge in [0.2, 0.25) is 5.91 Å². The molecule has 0 aromatic rings. The molecule has 2 aliphatic rings. The molecule has 2 N–H and O–H groups in total. The summed E-state index contributed by atoms with van der Waals surface area (Å²) in [5, 5.41) is 23.8. The molecule has 0 saturated carbocycles. The zero-order chi connectivity index (χ0) is 19.8. The number of aliphatic hydroxyl groups is 1. The summed E-state index contributed by atoms with van der Waals surface area (Å²) in [4.78, 5) is 36.5. The van der Waals surface area contributed by atoms with Crippen LogP contribution in [0.4, 0.5) is 4.79 Å². The number of nitrogens with one attached hydrogen (secondary N) is 1. The number of rotatable bonds is 7. The van der Waals surface area contributed by atoms with Gasteiger partial charge in [-0.15, -0.1) is 0 Å². The van der Waals surface area contributed by atoms with Gasteiger partial charge in [0.15, 0.2) is 6.23 Å². The van der Waals surface area contributed by atoms with Crippen LogP contribution in [0.3, 0.4) is 0 Å². The maximum absolute atomic E-state index is 12.2. The molecule has 0 bridgehead atoms. The second-order valence-electron chi connectivity index (χ2n) is 7.68. The Morgan fingerprint density at radius 1 is 1.37 bits per heavy atom. The average Bonchev–Trinajstić information content (AvgIpc) is 2.86. The van der Waals surface area contributed by atoms with E-state index in [-0.39, 0.29) is 81.9 Å². The molecule has 0 aliphatic carbocycles. The van der Waals surface area contributed by atoms with Crippen molar-refractivity contribution in [3.05, 3.63) is 11.5 Å². The van der Waals surface area contributed by atoms with Crippen LogP contribution in [0, 0.1) is 17.3 Å². The van der Waals surface area contributed by atoms with E-state index in [4.69, 9.17) is 9.47 Å². The first-order valence-electron chi connectivity index (χ1n) is 8.52. The van der Waals surface area contributed by atoms with Crippen molar-refractivity contribution in [1.82, 2.24) is 10.2 Å². The van der Waals surface area contributed by atoms with Gasteiger partial charge in [0.25, 0.3) is 0 Å². The van der Waals surface area contributed by atoms with Crippen molar-refractivity contribution in [3.63, 3.8) is 0 Å². The van der Waals surface area contributed by atoms with Crippen molar-refractivity contribution in [1.29, 1.82) is 0 Å². The molecular weight excluding hydrogens is 383 g/mol.